The van der Waals surface area contributed by atoms with E-state index in [0.717, 1.165) is 14.8 Å². The van der Waals surface area contributed by atoms with Gasteiger partial charge in [-0.1, -0.05) is 12.1 Å². The van der Waals surface area contributed by atoms with E-state index in [2.05, 4.69) is 10.3 Å². The molecular formula is C21H17N3O5S. The third kappa shape index (κ3) is 4.06. The number of fused-ring (bicyclic) bond motifs is 3. The van der Waals surface area contributed by atoms with Gasteiger partial charge in [0.05, 0.1) is 6.33 Å². The van der Waals surface area contributed by atoms with Gasteiger partial charge in [0.1, 0.15) is 17.6 Å². The van der Waals surface area contributed by atoms with Crippen LogP contribution in [-0.4, -0.2) is 34.3 Å². The third-order valence-corrected chi connectivity index (χ3v) is 5.13. The number of benzene rings is 2. The van der Waals surface area contributed by atoms with Gasteiger partial charge in [0.2, 0.25) is 5.58 Å². The third-order valence-electron chi connectivity index (χ3n) is 4.39. The Balaban J connectivity index is 1.39. The molecule has 0 aliphatic rings. The molecule has 4 rings (SSSR count). The summed E-state index contributed by atoms with van der Waals surface area (Å²) in [6.07, 6.45) is 3.22. The van der Waals surface area contributed by atoms with Gasteiger partial charge in [-0.15, -0.1) is 11.8 Å². The second-order valence-corrected chi connectivity index (χ2v) is 7.27. The lowest BCUT2D eigenvalue weighted by Gasteiger charge is -2.08. The van der Waals surface area contributed by atoms with Crippen LogP contribution in [-0.2, 0) is 20.9 Å². The average molecular weight is 423 g/mol. The minimum Gasteiger partial charge on any atom is -0.454 e. The summed E-state index contributed by atoms with van der Waals surface area (Å²) in [5.74, 6) is -1.21. The smallest absolute Gasteiger partial charge is 0.326 e. The highest BCUT2D eigenvalue weighted by molar-refractivity contribution is 7.98. The van der Waals surface area contributed by atoms with E-state index in [0.29, 0.717) is 16.8 Å². The predicted octanol–water partition coefficient (Wildman–Crippen LogP) is 3.05. The number of rotatable bonds is 6. The molecule has 0 radical (unpaired) electrons. The van der Waals surface area contributed by atoms with E-state index in [1.807, 2.05) is 24.5 Å². The highest BCUT2D eigenvalue weighted by Crippen LogP contribution is 2.24. The number of nitrogens with zero attached hydrogens (tertiary/aromatic N) is 2. The molecule has 152 valence electrons. The van der Waals surface area contributed by atoms with Crippen molar-refractivity contribution >= 4 is 51.4 Å². The predicted molar refractivity (Wildman–Crippen MR) is 114 cm³/mol. The number of nitrogens with one attached hydrogen (secondary N) is 1. The molecule has 2 aromatic carbocycles. The van der Waals surface area contributed by atoms with Crippen LogP contribution in [0, 0.1) is 0 Å². The first kappa shape index (κ1) is 19.7. The average Bonchev–Trinajstić information content (AvgIpc) is 3.14. The van der Waals surface area contributed by atoms with Gasteiger partial charge in [0, 0.05) is 16.0 Å². The highest BCUT2D eigenvalue weighted by Gasteiger charge is 2.15. The summed E-state index contributed by atoms with van der Waals surface area (Å²) in [5.41, 5.74) is 1.15. The van der Waals surface area contributed by atoms with Crippen LogP contribution in [0.25, 0.3) is 22.1 Å². The maximum atomic E-state index is 12.6. The second-order valence-electron chi connectivity index (χ2n) is 6.39. The lowest BCUT2D eigenvalue weighted by Crippen LogP contribution is -2.27. The molecule has 0 bridgehead atoms. The Morgan fingerprint density at radius 3 is 2.70 bits per heavy atom. The first-order chi connectivity index (χ1) is 14.5. The molecule has 1 N–H and O–H groups in total. The Labute approximate surface area is 174 Å². The Kier molecular flexibility index (Phi) is 5.53. The van der Waals surface area contributed by atoms with E-state index in [1.165, 1.54) is 6.33 Å². The van der Waals surface area contributed by atoms with Crippen LogP contribution in [0.2, 0.25) is 0 Å². The molecule has 0 saturated heterocycles. The van der Waals surface area contributed by atoms with E-state index in [4.69, 9.17) is 9.15 Å². The molecule has 9 heteroatoms. The molecule has 1 amide bonds. The lowest BCUT2D eigenvalue weighted by atomic mass is 10.2. The van der Waals surface area contributed by atoms with E-state index in [1.54, 1.807) is 42.1 Å². The molecule has 30 heavy (non-hydrogen) atoms. The van der Waals surface area contributed by atoms with Gasteiger partial charge in [-0.25, -0.2) is 4.98 Å². The number of furan rings is 1. The number of aromatic nitrogens is 2. The molecule has 0 spiro atoms. The normalized spacial score (nSPS) is 11.0. The number of anilines is 1. The molecule has 4 aromatic rings. The lowest BCUT2D eigenvalue weighted by molar-refractivity contribution is -0.147. The Hall–Kier alpha value is -3.59. The largest absolute Gasteiger partial charge is 0.454 e. The van der Waals surface area contributed by atoms with Crippen LogP contribution in [0.15, 0.2) is 69.0 Å². The number of thioether (sulfide) groups is 1. The fraction of sp³-hybridized carbons (Fsp3) is 0.143. The zero-order valence-electron chi connectivity index (χ0n) is 16.0. The van der Waals surface area contributed by atoms with Crippen molar-refractivity contribution in [2.24, 2.45) is 0 Å². The van der Waals surface area contributed by atoms with Crippen LogP contribution in [0.3, 0.4) is 0 Å². The summed E-state index contributed by atoms with van der Waals surface area (Å²) in [5, 5.41) is 3.37. The van der Waals surface area contributed by atoms with Crippen molar-refractivity contribution in [3.05, 3.63) is 65.2 Å². The van der Waals surface area contributed by atoms with Crippen molar-refractivity contribution in [1.29, 1.82) is 0 Å². The summed E-state index contributed by atoms with van der Waals surface area (Å²) >= 11 is 1.59. The zero-order chi connectivity index (χ0) is 21.1. The number of carbonyl (C=O) groups excluding carboxylic acids is 2. The van der Waals surface area contributed by atoms with Crippen molar-refractivity contribution in [2.45, 2.75) is 11.4 Å². The summed E-state index contributed by atoms with van der Waals surface area (Å²) in [7, 11) is 0. The highest BCUT2D eigenvalue weighted by atomic mass is 32.2. The quantitative estimate of drug-likeness (QED) is 0.375. The number of hydrogen-bond donors (Lipinski definition) is 1. The number of esters is 1. The maximum absolute atomic E-state index is 12.6. The SMILES string of the molecule is CSc1ccc(NC(=O)COC(=O)Cn2cnc3c(oc4ccccc43)c2=O)cc1. The number of para-hydroxylation sites is 1. The van der Waals surface area contributed by atoms with Crippen molar-refractivity contribution in [3.63, 3.8) is 0 Å². The number of ether oxygens (including phenoxy) is 1. The van der Waals surface area contributed by atoms with Gasteiger partial charge in [-0.2, -0.15) is 0 Å². The summed E-state index contributed by atoms with van der Waals surface area (Å²) in [6.45, 7) is -0.841. The van der Waals surface area contributed by atoms with Gasteiger partial charge >= 0.3 is 5.97 Å². The minimum absolute atomic E-state index is 0.0675. The van der Waals surface area contributed by atoms with Crippen LogP contribution < -0.4 is 10.9 Å². The first-order valence-corrected chi connectivity index (χ1v) is 10.2. The van der Waals surface area contributed by atoms with Crippen LogP contribution >= 0.6 is 11.8 Å². The van der Waals surface area contributed by atoms with Crippen molar-refractivity contribution in [1.82, 2.24) is 9.55 Å². The van der Waals surface area contributed by atoms with Gasteiger partial charge in [0.15, 0.2) is 6.61 Å². The van der Waals surface area contributed by atoms with Gasteiger partial charge in [0.25, 0.3) is 11.5 Å². The van der Waals surface area contributed by atoms with Gasteiger partial charge in [-0.05, 0) is 42.7 Å². The van der Waals surface area contributed by atoms with Crippen molar-refractivity contribution < 1.29 is 18.7 Å². The summed E-state index contributed by atoms with van der Waals surface area (Å²) in [4.78, 5) is 42.0. The molecule has 0 aliphatic carbocycles. The second kappa shape index (κ2) is 8.42. The van der Waals surface area contributed by atoms with Crippen LogP contribution in [0.5, 0.6) is 0 Å². The molecule has 0 atom stereocenters. The minimum atomic E-state index is -0.734. The number of carbonyl (C=O) groups is 2. The summed E-state index contributed by atoms with van der Waals surface area (Å²) in [6, 6.07) is 14.4. The topological polar surface area (TPSA) is 103 Å². The fourth-order valence-corrected chi connectivity index (χ4v) is 3.34. The number of hydrogen-bond acceptors (Lipinski definition) is 7. The van der Waals surface area contributed by atoms with E-state index in [9.17, 15) is 14.4 Å². The van der Waals surface area contributed by atoms with Gasteiger partial charge in [-0.3, -0.25) is 19.0 Å². The molecule has 0 aliphatic heterocycles. The summed E-state index contributed by atoms with van der Waals surface area (Å²) < 4.78 is 11.6. The molecule has 8 nitrogen and oxygen atoms in total. The Bertz CT molecular complexity index is 1290. The maximum Gasteiger partial charge on any atom is 0.326 e. The van der Waals surface area contributed by atoms with Gasteiger partial charge < -0.3 is 14.5 Å². The van der Waals surface area contributed by atoms with E-state index in [-0.39, 0.29) is 12.1 Å². The van der Waals surface area contributed by atoms with E-state index < -0.39 is 24.0 Å². The van der Waals surface area contributed by atoms with Crippen LogP contribution in [0.1, 0.15) is 0 Å². The Morgan fingerprint density at radius 2 is 1.93 bits per heavy atom. The molecule has 2 aromatic heterocycles. The first-order valence-electron chi connectivity index (χ1n) is 9.01. The van der Waals surface area contributed by atoms with Crippen molar-refractivity contribution in [3.8, 4) is 0 Å². The zero-order valence-corrected chi connectivity index (χ0v) is 16.8. The number of amides is 1. The molecule has 2 heterocycles. The Morgan fingerprint density at radius 1 is 1.17 bits per heavy atom. The van der Waals surface area contributed by atoms with E-state index >= 15 is 0 Å². The monoisotopic (exact) mass is 423 g/mol. The molecule has 0 saturated carbocycles. The molecule has 0 unspecified atom stereocenters. The van der Waals surface area contributed by atoms with Crippen LogP contribution in [0.4, 0.5) is 5.69 Å². The molecule has 0 fully saturated rings. The fourth-order valence-electron chi connectivity index (χ4n) is 2.93. The molecular weight excluding hydrogens is 406 g/mol. The standard InChI is InChI=1S/C21H17N3O5S/c1-30-14-8-6-13(7-9-14)23-17(25)11-28-18(26)10-24-12-22-19-15-4-2-3-5-16(15)29-20(19)21(24)27/h2-9,12H,10-11H2,1H3,(H,23,25). The van der Waals surface area contributed by atoms with Crippen molar-refractivity contribution in [2.75, 3.05) is 18.2 Å².